The molecule has 0 atom stereocenters. The quantitative estimate of drug-likeness (QED) is 0.666. The molecule has 2 nitrogen and oxygen atoms in total. The summed E-state index contributed by atoms with van der Waals surface area (Å²) in [5.74, 6) is 0. The number of hydrogen-bond donors (Lipinski definition) is 0. The molecule has 0 radical (unpaired) electrons. The van der Waals surface area contributed by atoms with Gasteiger partial charge in [-0.25, -0.2) is 0 Å². The van der Waals surface area contributed by atoms with Crippen molar-refractivity contribution in [1.29, 1.82) is 0 Å². The summed E-state index contributed by atoms with van der Waals surface area (Å²) in [5.41, 5.74) is 0. The van der Waals surface area contributed by atoms with Crippen molar-refractivity contribution in [3.05, 3.63) is 0 Å². The monoisotopic (exact) mass is 336 g/mol. The average Bonchev–Trinajstić information content (AvgIpc) is 2.17. The van der Waals surface area contributed by atoms with Gasteiger partial charge in [-0.05, 0) is 0 Å². The van der Waals surface area contributed by atoms with Crippen LogP contribution in [0.3, 0.4) is 0 Å². The molecule has 0 N–H and O–H groups in total. The zero-order valence-electron chi connectivity index (χ0n) is 4.05. The fourth-order valence-corrected chi connectivity index (χ4v) is 0.295. The molecule has 0 unspecified atom stereocenters. The van der Waals surface area contributed by atoms with Crippen molar-refractivity contribution in [3.8, 4) is 0 Å². The second-order valence-corrected chi connectivity index (χ2v) is 4.66. The summed E-state index contributed by atoms with van der Waals surface area (Å²) < 4.78 is 9.44. The molecule has 0 spiro atoms. The number of rotatable bonds is 0. The van der Waals surface area contributed by atoms with Gasteiger partial charge in [-0.2, -0.15) is 0 Å². The maximum absolute atomic E-state index is 4.90. The number of hydrogen-bond acceptors (Lipinski definition) is 2. The Hall–Kier alpha value is 1.14. The van der Waals surface area contributed by atoms with E-state index in [0.717, 1.165) is 13.2 Å². The first kappa shape index (κ1) is 9.14. The Morgan fingerprint density at radius 1 is 1.12 bits per heavy atom. The standard InChI is InChI=1S/C3H6O2.2ClH.Os/c1-2-5-3-4-1;;;/h1-3H2;2*1H;/q;;;+2/p-2. The number of ether oxygens (including phenoxy) is 2. The third-order valence-corrected chi connectivity index (χ3v) is 0.539. The first-order valence-corrected chi connectivity index (χ1v) is 8.22. The normalized spacial score (nSPS) is 17.8. The summed E-state index contributed by atoms with van der Waals surface area (Å²) in [6, 6.07) is 0. The second kappa shape index (κ2) is 8.14. The summed E-state index contributed by atoms with van der Waals surface area (Å²) in [4.78, 5) is 0. The topological polar surface area (TPSA) is 18.5 Å². The Balaban J connectivity index is 0.000000145. The van der Waals surface area contributed by atoms with Crippen molar-refractivity contribution < 1.29 is 24.9 Å². The molecule has 0 aliphatic carbocycles. The average molecular weight is 335 g/mol. The van der Waals surface area contributed by atoms with Crippen LogP contribution in [0, 0.1) is 0 Å². The van der Waals surface area contributed by atoms with Crippen molar-refractivity contribution in [2.75, 3.05) is 20.0 Å². The van der Waals surface area contributed by atoms with Gasteiger partial charge in [-0.1, -0.05) is 0 Å². The number of halogens is 2. The molecule has 0 bridgehead atoms. The van der Waals surface area contributed by atoms with E-state index in [0.29, 0.717) is 6.79 Å². The van der Waals surface area contributed by atoms with Gasteiger partial charge in [0.1, 0.15) is 6.79 Å². The molecular formula is C3H6Cl2O2Os. The van der Waals surface area contributed by atoms with Crippen LogP contribution in [0.4, 0.5) is 0 Å². The minimum atomic E-state index is -0.639. The summed E-state index contributed by atoms with van der Waals surface area (Å²) in [7, 11) is 9.81. The van der Waals surface area contributed by atoms with Crippen LogP contribution < -0.4 is 0 Å². The molecule has 1 aliphatic rings. The summed E-state index contributed by atoms with van der Waals surface area (Å²) >= 11 is -0.639. The molecule has 0 aromatic heterocycles. The first-order chi connectivity index (χ1) is 3.91. The van der Waals surface area contributed by atoms with E-state index in [1.54, 1.807) is 0 Å². The van der Waals surface area contributed by atoms with Gasteiger partial charge in [-0.15, -0.1) is 0 Å². The molecule has 5 heteroatoms. The zero-order valence-corrected chi connectivity index (χ0v) is 8.10. The molecule has 8 heavy (non-hydrogen) atoms. The molecule has 52 valence electrons. The van der Waals surface area contributed by atoms with Gasteiger partial charge in [0.15, 0.2) is 0 Å². The van der Waals surface area contributed by atoms with E-state index in [-0.39, 0.29) is 0 Å². The molecule has 1 heterocycles. The molecule has 0 saturated carbocycles. The summed E-state index contributed by atoms with van der Waals surface area (Å²) in [6.45, 7) is 2.06. The molecular weight excluding hydrogens is 329 g/mol. The zero-order chi connectivity index (χ0) is 6.24. The van der Waals surface area contributed by atoms with Crippen LogP contribution in [-0.4, -0.2) is 20.0 Å². The Morgan fingerprint density at radius 2 is 1.50 bits per heavy atom. The first-order valence-electron chi connectivity index (χ1n) is 1.92. The fourth-order valence-electron chi connectivity index (χ4n) is 0.295. The molecule has 0 aromatic rings. The minimum absolute atomic E-state index is 0.500. The van der Waals surface area contributed by atoms with Crippen LogP contribution in [0.5, 0.6) is 0 Å². The van der Waals surface area contributed by atoms with Gasteiger partial charge >= 0.3 is 34.7 Å². The Labute approximate surface area is 64.3 Å². The van der Waals surface area contributed by atoms with Crippen LogP contribution in [0.1, 0.15) is 0 Å². The molecule has 0 aromatic carbocycles. The third-order valence-electron chi connectivity index (χ3n) is 0.539. The Kier molecular flexibility index (Phi) is 9.29. The molecule has 1 rings (SSSR count). The van der Waals surface area contributed by atoms with Gasteiger partial charge in [0.25, 0.3) is 0 Å². The van der Waals surface area contributed by atoms with Gasteiger partial charge in [0.05, 0.1) is 13.2 Å². The second-order valence-electron chi connectivity index (χ2n) is 0.985. The van der Waals surface area contributed by atoms with E-state index < -0.39 is 15.4 Å². The van der Waals surface area contributed by atoms with Crippen LogP contribution in [0.2, 0.25) is 0 Å². The van der Waals surface area contributed by atoms with Crippen molar-refractivity contribution in [2.45, 2.75) is 0 Å². The van der Waals surface area contributed by atoms with Gasteiger partial charge in [0.2, 0.25) is 0 Å². The van der Waals surface area contributed by atoms with E-state index in [9.17, 15) is 0 Å². The fraction of sp³-hybridized carbons (Fsp3) is 1.00. The van der Waals surface area contributed by atoms with Crippen molar-refractivity contribution in [1.82, 2.24) is 0 Å². The van der Waals surface area contributed by atoms with E-state index in [2.05, 4.69) is 0 Å². The van der Waals surface area contributed by atoms with E-state index in [4.69, 9.17) is 28.7 Å². The maximum atomic E-state index is 4.90. The van der Waals surface area contributed by atoms with Crippen LogP contribution in [0.25, 0.3) is 0 Å². The molecule has 1 fully saturated rings. The van der Waals surface area contributed by atoms with E-state index in [1.807, 2.05) is 0 Å². The van der Waals surface area contributed by atoms with E-state index in [1.165, 1.54) is 0 Å². The predicted octanol–water partition coefficient (Wildman–Crippen LogP) is 1.37. The summed E-state index contributed by atoms with van der Waals surface area (Å²) in [5, 5.41) is 0. The van der Waals surface area contributed by atoms with Crippen molar-refractivity contribution in [3.63, 3.8) is 0 Å². The summed E-state index contributed by atoms with van der Waals surface area (Å²) in [6.07, 6.45) is 0. The molecule has 1 saturated heterocycles. The van der Waals surface area contributed by atoms with Gasteiger partial charge < -0.3 is 9.47 Å². The van der Waals surface area contributed by atoms with Crippen molar-refractivity contribution in [2.24, 2.45) is 0 Å². The Bertz CT molecular complexity index is 34.7. The van der Waals surface area contributed by atoms with Crippen LogP contribution in [-0.2, 0) is 24.9 Å². The SMILES string of the molecule is C1COCO1.[Cl][Os][Cl]. The van der Waals surface area contributed by atoms with Gasteiger partial charge in [-0.3, -0.25) is 0 Å². The van der Waals surface area contributed by atoms with Gasteiger partial charge in [0, 0.05) is 0 Å². The third kappa shape index (κ3) is 7.14. The van der Waals surface area contributed by atoms with E-state index >= 15 is 0 Å². The predicted molar refractivity (Wildman–Crippen MR) is 28.5 cm³/mol. The van der Waals surface area contributed by atoms with Crippen LogP contribution >= 0.6 is 19.3 Å². The van der Waals surface area contributed by atoms with Crippen molar-refractivity contribution >= 4 is 19.3 Å². The Morgan fingerprint density at radius 3 is 1.62 bits per heavy atom. The molecule has 0 amide bonds. The molecule has 1 aliphatic heterocycles. The van der Waals surface area contributed by atoms with Crippen LogP contribution in [0.15, 0.2) is 0 Å².